The smallest absolute Gasteiger partial charge is 0.230 e. The number of amides is 1. The third-order valence-electron chi connectivity index (χ3n) is 3.69. The summed E-state index contributed by atoms with van der Waals surface area (Å²) in [5.74, 6) is 1.62. The van der Waals surface area contributed by atoms with E-state index in [0.717, 1.165) is 16.9 Å². The van der Waals surface area contributed by atoms with E-state index < -0.39 is 0 Å². The molecule has 138 valence electrons. The molecule has 0 aromatic heterocycles. The number of ketones is 1. The topological polar surface area (TPSA) is 55.4 Å². The fourth-order valence-electron chi connectivity index (χ4n) is 2.35. The van der Waals surface area contributed by atoms with Gasteiger partial charge in [-0.3, -0.25) is 9.59 Å². The van der Waals surface area contributed by atoms with Crippen LogP contribution in [0.5, 0.6) is 5.75 Å². The number of Topliss-reactive ketones (excluding diaryl/α,β-unsaturated/α-hetero) is 1. The summed E-state index contributed by atoms with van der Waals surface area (Å²) in [4.78, 5) is 23.6. The first kappa shape index (κ1) is 20.3. The Bertz CT molecular complexity index is 779. The normalized spacial score (nSPS) is 10.4. The highest BCUT2D eigenvalue weighted by atomic mass is 35.5. The molecule has 0 saturated carbocycles. The molecule has 1 N–H and O–H groups in total. The lowest BCUT2D eigenvalue weighted by Gasteiger charge is -2.11. The zero-order valence-electron chi connectivity index (χ0n) is 14.9. The molecule has 0 heterocycles. The molecule has 0 atom stereocenters. The fourth-order valence-corrected chi connectivity index (χ4v) is 3.39. The van der Waals surface area contributed by atoms with Crippen LogP contribution in [-0.4, -0.2) is 24.1 Å². The van der Waals surface area contributed by atoms with Crippen molar-refractivity contribution in [2.45, 2.75) is 26.1 Å². The lowest BCUT2D eigenvalue weighted by molar-refractivity contribution is -0.118. The Morgan fingerprint density at radius 1 is 1.15 bits per heavy atom. The van der Waals surface area contributed by atoms with Crippen molar-refractivity contribution < 1.29 is 14.3 Å². The van der Waals surface area contributed by atoms with Crippen LogP contribution in [0.4, 0.5) is 0 Å². The van der Waals surface area contributed by atoms with E-state index in [0.29, 0.717) is 35.2 Å². The first-order valence-electron chi connectivity index (χ1n) is 8.35. The molecule has 0 radical (unpaired) electrons. The number of ether oxygens (including phenoxy) is 1. The molecule has 0 aliphatic carbocycles. The van der Waals surface area contributed by atoms with Gasteiger partial charge in [0.25, 0.3) is 0 Å². The molecule has 4 nitrogen and oxygen atoms in total. The SMILES string of the molecule is CCOc1ccc(C(C)=O)cc1CSCC(=O)NCc1ccccc1Cl. The predicted molar refractivity (Wildman–Crippen MR) is 107 cm³/mol. The summed E-state index contributed by atoms with van der Waals surface area (Å²) in [7, 11) is 0. The molecule has 2 aromatic rings. The van der Waals surface area contributed by atoms with Crippen LogP contribution in [0, 0.1) is 0 Å². The van der Waals surface area contributed by atoms with Crippen molar-refractivity contribution in [1.82, 2.24) is 5.32 Å². The molecule has 2 rings (SSSR count). The van der Waals surface area contributed by atoms with Gasteiger partial charge in [0.1, 0.15) is 5.75 Å². The quantitative estimate of drug-likeness (QED) is 0.640. The van der Waals surface area contributed by atoms with Gasteiger partial charge in [0.2, 0.25) is 5.91 Å². The summed E-state index contributed by atoms with van der Waals surface area (Å²) in [6.45, 7) is 4.41. The molecule has 6 heteroatoms. The van der Waals surface area contributed by atoms with Gasteiger partial charge >= 0.3 is 0 Å². The van der Waals surface area contributed by atoms with E-state index in [1.807, 2.05) is 37.3 Å². The minimum atomic E-state index is -0.0596. The zero-order chi connectivity index (χ0) is 18.9. The van der Waals surface area contributed by atoms with Gasteiger partial charge in [-0.05, 0) is 43.7 Å². The van der Waals surface area contributed by atoms with Crippen molar-refractivity contribution in [3.05, 3.63) is 64.2 Å². The van der Waals surface area contributed by atoms with Crippen molar-refractivity contribution in [1.29, 1.82) is 0 Å². The molecule has 0 saturated heterocycles. The lowest BCUT2D eigenvalue weighted by atomic mass is 10.1. The van der Waals surface area contributed by atoms with Crippen LogP contribution in [0.1, 0.15) is 35.3 Å². The Kier molecular flexibility index (Phi) is 8.01. The summed E-state index contributed by atoms with van der Waals surface area (Å²) >= 11 is 7.56. The Balaban J connectivity index is 1.88. The van der Waals surface area contributed by atoms with E-state index in [-0.39, 0.29) is 11.7 Å². The van der Waals surface area contributed by atoms with Crippen LogP contribution in [-0.2, 0) is 17.1 Å². The fraction of sp³-hybridized carbons (Fsp3) is 0.300. The van der Waals surface area contributed by atoms with E-state index in [9.17, 15) is 9.59 Å². The second-order valence-corrected chi connectivity index (χ2v) is 7.07. The number of benzene rings is 2. The van der Waals surface area contributed by atoms with Crippen molar-refractivity contribution in [3.63, 3.8) is 0 Å². The average molecular weight is 392 g/mol. The number of carbonyl (C=O) groups excluding carboxylic acids is 2. The highest BCUT2D eigenvalue weighted by Gasteiger charge is 2.10. The number of carbonyl (C=O) groups is 2. The van der Waals surface area contributed by atoms with Gasteiger partial charge in [-0.1, -0.05) is 29.8 Å². The predicted octanol–water partition coefficient (Wildman–Crippen LogP) is 4.49. The number of halogens is 1. The molecule has 0 spiro atoms. The number of nitrogens with one attached hydrogen (secondary N) is 1. The van der Waals surface area contributed by atoms with Gasteiger partial charge in [-0.25, -0.2) is 0 Å². The van der Waals surface area contributed by atoms with Gasteiger partial charge in [0.15, 0.2) is 5.78 Å². The number of rotatable bonds is 9. The molecule has 0 bridgehead atoms. The average Bonchev–Trinajstić information content (AvgIpc) is 2.62. The van der Waals surface area contributed by atoms with Crippen LogP contribution in [0.25, 0.3) is 0 Å². The third kappa shape index (κ3) is 6.07. The highest BCUT2D eigenvalue weighted by Crippen LogP contribution is 2.25. The largest absolute Gasteiger partial charge is 0.494 e. The Morgan fingerprint density at radius 2 is 1.92 bits per heavy atom. The Hall–Kier alpha value is -1.98. The molecule has 0 aliphatic heterocycles. The second kappa shape index (κ2) is 10.2. The first-order chi connectivity index (χ1) is 12.5. The molecule has 0 fully saturated rings. The van der Waals surface area contributed by atoms with Crippen molar-refractivity contribution in [2.24, 2.45) is 0 Å². The van der Waals surface area contributed by atoms with Gasteiger partial charge in [0, 0.05) is 28.4 Å². The van der Waals surface area contributed by atoms with Crippen LogP contribution in [0.15, 0.2) is 42.5 Å². The summed E-state index contributed by atoms with van der Waals surface area (Å²) in [5, 5.41) is 3.51. The minimum Gasteiger partial charge on any atom is -0.494 e. The van der Waals surface area contributed by atoms with Crippen LogP contribution in [0.2, 0.25) is 5.02 Å². The summed E-state index contributed by atoms with van der Waals surface area (Å²) in [6, 6.07) is 12.8. The van der Waals surface area contributed by atoms with Crippen LogP contribution in [0.3, 0.4) is 0 Å². The molecule has 1 amide bonds. The monoisotopic (exact) mass is 391 g/mol. The maximum atomic E-state index is 12.0. The summed E-state index contributed by atoms with van der Waals surface area (Å²) < 4.78 is 5.61. The molecule has 2 aromatic carbocycles. The standard InChI is InChI=1S/C20H22ClNO3S/c1-3-25-19-9-8-15(14(2)23)10-17(19)12-26-13-20(24)22-11-16-6-4-5-7-18(16)21/h4-10H,3,11-13H2,1-2H3,(H,22,24). The van der Waals surface area contributed by atoms with Crippen LogP contribution < -0.4 is 10.1 Å². The summed E-state index contributed by atoms with van der Waals surface area (Å²) in [6.07, 6.45) is 0. The molecule has 26 heavy (non-hydrogen) atoms. The minimum absolute atomic E-state index is 0.0109. The zero-order valence-corrected chi connectivity index (χ0v) is 16.5. The van der Waals surface area contributed by atoms with Gasteiger partial charge in [-0.15, -0.1) is 11.8 Å². The van der Waals surface area contributed by atoms with Crippen LogP contribution >= 0.6 is 23.4 Å². The van der Waals surface area contributed by atoms with E-state index in [4.69, 9.17) is 16.3 Å². The number of thioether (sulfide) groups is 1. The van der Waals surface area contributed by atoms with Crippen molar-refractivity contribution in [2.75, 3.05) is 12.4 Å². The third-order valence-corrected chi connectivity index (χ3v) is 5.04. The van der Waals surface area contributed by atoms with Gasteiger partial charge in [-0.2, -0.15) is 0 Å². The Morgan fingerprint density at radius 3 is 2.62 bits per heavy atom. The molecular formula is C20H22ClNO3S. The highest BCUT2D eigenvalue weighted by molar-refractivity contribution is 7.99. The molecular weight excluding hydrogens is 370 g/mol. The van der Waals surface area contributed by atoms with Gasteiger partial charge < -0.3 is 10.1 Å². The maximum absolute atomic E-state index is 12.0. The number of hydrogen-bond donors (Lipinski definition) is 1. The van der Waals surface area contributed by atoms with E-state index in [1.54, 1.807) is 12.1 Å². The number of hydrogen-bond acceptors (Lipinski definition) is 4. The van der Waals surface area contributed by atoms with Crippen molar-refractivity contribution >= 4 is 35.1 Å². The summed E-state index contributed by atoms with van der Waals surface area (Å²) in [5.41, 5.74) is 2.45. The second-order valence-electron chi connectivity index (χ2n) is 5.67. The van der Waals surface area contributed by atoms with E-state index >= 15 is 0 Å². The first-order valence-corrected chi connectivity index (χ1v) is 9.89. The Labute approximate surface area is 163 Å². The van der Waals surface area contributed by atoms with E-state index in [1.165, 1.54) is 18.7 Å². The lowest BCUT2D eigenvalue weighted by Crippen LogP contribution is -2.24. The molecule has 0 aliphatic rings. The van der Waals surface area contributed by atoms with E-state index in [2.05, 4.69) is 5.32 Å². The van der Waals surface area contributed by atoms with Crippen molar-refractivity contribution in [3.8, 4) is 5.75 Å². The molecule has 0 unspecified atom stereocenters. The maximum Gasteiger partial charge on any atom is 0.230 e. The van der Waals surface area contributed by atoms with Gasteiger partial charge in [0.05, 0.1) is 12.4 Å².